The van der Waals surface area contributed by atoms with E-state index in [0.717, 1.165) is 18.4 Å². The van der Waals surface area contributed by atoms with Crippen molar-refractivity contribution < 1.29 is 27.7 Å². The number of hydrogen-bond donors (Lipinski definition) is 1. The number of oxazole rings is 1. The molecule has 1 N–H and O–H groups in total. The van der Waals surface area contributed by atoms with E-state index in [2.05, 4.69) is 15.2 Å². The number of rotatable bonds is 15. The van der Waals surface area contributed by atoms with E-state index in [0.29, 0.717) is 56.1 Å². The molecule has 1 aliphatic heterocycles. The molecule has 3 aromatic rings. The van der Waals surface area contributed by atoms with Gasteiger partial charge in [0.15, 0.2) is 5.58 Å². The van der Waals surface area contributed by atoms with Crippen LogP contribution in [-0.4, -0.2) is 83.1 Å². The number of carbonyl (C=O) groups is 2. The van der Waals surface area contributed by atoms with Crippen LogP contribution in [0.25, 0.3) is 11.1 Å². The largest absolute Gasteiger partial charge is 0.434 e. The van der Waals surface area contributed by atoms with Crippen LogP contribution in [0, 0.1) is 0 Å². The summed E-state index contributed by atoms with van der Waals surface area (Å²) in [5.41, 5.74) is 2.06. The molecule has 3 atom stereocenters. The first kappa shape index (κ1) is 30.0. The zero-order valence-electron chi connectivity index (χ0n) is 23.3. The molecule has 0 spiro atoms. The van der Waals surface area contributed by atoms with Crippen molar-refractivity contribution in [1.29, 1.82) is 0 Å². The zero-order valence-corrected chi connectivity index (χ0v) is 24.1. The highest BCUT2D eigenvalue weighted by Crippen LogP contribution is 2.21. The molecule has 1 fully saturated rings. The second-order valence-electron chi connectivity index (χ2n) is 10.0. The summed E-state index contributed by atoms with van der Waals surface area (Å²) in [5.74, 6) is -0.240. The maximum absolute atomic E-state index is 14.0. The number of ether oxygens (including phenoxy) is 2. The van der Waals surface area contributed by atoms with Gasteiger partial charge in [0.2, 0.25) is 11.7 Å². The van der Waals surface area contributed by atoms with Crippen molar-refractivity contribution in [3.8, 4) is 0 Å². The summed E-state index contributed by atoms with van der Waals surface area (Å²) >= 11 is 0. The Morgan fingerprint density at radius 2 is 1.85 bits per heavy atom. The maximum atomic E-state index is 14.0. The Labute approximate surface area is 238 Å². The molecule has 0 saturated carbocycles. The van der Waals surface area contributed by atoms with Crippen LogP contribution in [0.5, 0.6) is 0 Å². The van der Waals surface area contributed by atoms with Crippen molar-refractivity contribution in [3.05, 3.63) is 66.1 Å². The molecule has 1 amide bonds. The Balaban J connectivity index is 1.58. The summed E-state index contributed by atoms with van der Waals surface area (Å²) in [4.78, 5) is 33.9. The van der Waals surface area contributed by atoms with Gasteiger partial charge in [0.05, 0.1) is 12.6 Å². The monoisotopic (exact) mass is 569 g/mol. The third-order valence-corrected chi connectivity index (χ3v) is 8.49. The molecule has 216 valence electrons. The fourth-order valence-corrected chi connectivity index (χ4v) is 6.45. The number of benzene rings is 2. The lowest BCUT2D eigenvalue weighted by Crippen LogP contribution is -2.58. The molecule has 2 unspecified atom stereocenters. The van der Waals surface area contributed by atoms with Crippen LogP contribution in [0.4, 0.5) is 0 Å². The Bertz CT molecular complexity index is 1230. The highest BCUT2D eigenvalue weighted by molar-refractivity contribution is 7.84. The van der Waals surface area contributed by atoms with E-state index < -0.39 is 22.9 Å². The van der Waals surface area contributed by atoms with Crippen LogP contribution in [0.15, 0.2) is 59.0 Å². The molecule has 1 aliphatic rings. The lowest BCUT2D eigenvalue weighted by molar-refractivity contribution is -0.128. The normalized spacial score (nSPS) is 16.6. The number of Topliss-reactive ketones (excluding diaryl/α,β-unsaturated/α-hetero) is 1. The number of carbonyl (C=O) groups excluding carboxylic acids is 2. The van der Waals surface area contributed by atoms with Crippen molar-refractivity contribution in [2.45, 2.75) is 56.5 Å². The molecule has 1 saturated heterocycles. The molecule has 0 bridgehead atoms. The van der Waals surface area contributed by atoms with Crippen molar-refractivity contribution >= 4 is 33.6 Å². The van der Waals surface area contributed by atoms with Gasteiger partial charge in [-0.1, -0.05) is 55.8 Å². The number of hydrogen-bond acceptors (Lipinski definition) is 8. The van der Waals surface area contributed by atoms with Crippen LogP contribution in [0.3, 0.4) is 0 Å². The van der Waals surface area contributed by atoms with Gasteiger partial charge in [-0.3, -0.25) is 18.7 Å². The number of nitrogens with one attached hydrogen (secondary N) is 1. The third-order valence-electron chi connectivity index (χ3n) is 7.15. The number of fused-ring (bicyclic) bond motifs is 1. The van der Waals surface area contributed by atoms with Gasteiger partial charge in [-0.05, 0) is 37.0 Å². The number of nitrogens with zero attached hydrogens (tertiary/aromatic N) is 2. The Kier molecular flexibility index (Phi) is 11.4. The van der Waals surface area contributed by atoms with Crippen LogP contribution in [0.1, 0.15) is 48.9 Å². The van der Waals surface area contributed by atoms with Gasteiger partial charge in [0, 0.05) is 55.2 Å². The average Bonchev–Trinajstić information content (AvgIpc) is 3.41. The summed E-state index contributed by atoms with van der Waals surface area (Å²) < 4.78 is 30.1. The second-order valence-corrected chi connectivity index (χ2v) is 11.5. The molecule has 4 rings (SSSR count). The molecule has 9 nitrogen and oxygen atoms in total. The third kappa shape index (κ3) is 8.06. The van der Waals surface area contributed by atoms with Crippen molar-refractivity contribution in [2.24, 2.45) is 0 Å². The fourth-order valence-electron chi connectivity index (χ4n) is 5.08. The topological polar surface area (TPSA) is 111 Å². The Morgan fingerprint density at radius 3 is 2.55 bits per heavy atom. The number of methoxy groups -OCH3 is 1. The number of aromatic nitrogens is 1. The van der Waals surface area contributed by atoms with Gasteiger partial charge >= 0.3 is 0 Å². The van der Waals surface area contributed by atoms with Crippen LogP contribution in [0.2, 0.25) is 0 Å². The van der Waals surface area contributed by atoms with E-state index in [1.54, 1.807) is 19.2 Å². The van der Waals surface area contributed by atoms with E-state index >= 15 is 0 Å². The molecule has 0 aliphatic carbocycles. The van der Waals surface area contributed by atoms with Gasteiger partial charge in [-0.25, -0.2) is 4.98 Å². The van der Waals surface area contributed by atoms with Crippen LogP contribution < -0.4 is 5.32 Å². The smallest absolute Gasteiger partial charge is 0.266 e. The van der Waals surface area contributed by atoms with Crippen molar-refractivity contribution in [2.75, 3.05) is 39.2 Å². The summed E-state index contributed by atoms with van der Waals surface area (Å²) in [6.45, 7) is 4.08. The first-order valence-electron chi connectivity index (χ1n) is 13.9. The molecule has 1 aromatic heterocycles. The van der Waals surface area contributed by atoms with E-state index in [-0.39, 0.29) is 29.4 Å². The molecule has 0 radical (unpaired) electrons. The molecular formula is C30H39N3O6S. The van der Waals surface area contributed by atoms with Crippen LogP contribution >= 0.6 is 0 Å². The highest BCUT2D eigenvalue weighted by Gasteiger charge is 2.36. The Hall–Kier alpha value is -2.92. The minimum Gasteiger partial charge on any atom is -0.434 e. The first-order valence-corrected chi connectivity index (χ1v) is 15.4. The highest BCUT2D eigenvalue weighted by atomic mass is 32.2. The second kappa shape index (κ2) is 15.2. The Morgan fingerprint density at radius 1 is 1.12 bits per heavy atom. The van der Waals surface area contributed by atoms with Gasteiger partial charge in [-0.15, -0.1) is 0 Å². The lowest BCUT2D eigenvalue weighted by atomic mass is 10.0. The summed E-state index contributed by atoms with van der Waals surface area (Å²) in [6, 6.07) is 15.4. The average molecular weight is 570 g/mol. The maximum Gasteiger partial charge on any atom is 0.266 e. The van der Waals surface area contributed by atoms with Gasteiger partial charge in [0.25, 0.3) is 5.89 Å². The van der Waals surface area contributed by atoms with Crippen molar-refractivity contribution in [3.63, 3.8) is 0 Å². The predicted octanol–water partition coefficient (Wildman–Crippen LogP) is 3.74. The summed E-state index contributed by atoms with van der Waals surface area (Å²) in [7, 11) is 0.308. The van der Waals surface area contributed by atoms with E-state index in [1.165, 1.54) is 0 Å². The molecule has 2 heterocycles. The summed E-state index contributed by atoms with van der Waals surface area (Å²) in [5, 5.41) is 2.99. The minimum absolute atomic E-state index is 0.0233. The predicted molar refractivity (Wildman–Crippen MR) is 155 cm³/mol. The van der Waals surface area contributed by atoms with Gasteiger partial charge in [-0.2, -0.15) is 0 Å². The number of amides is 1. The number of ketones is 1. The molecule has 10 heteroatoms. The lowest BCUT2D eigenvalue weighted by Gasteiger charge is -2.39. The van der Waals surface area contributed by atoms with E-state index in [1.807, 2.05) is 49.4 Å². The van der Waals surface area contributed by atoms with E-state index in [9.17, 15) is 13.8 Å². The minimum atomic E-state index is -1.32. The first-order chi connectivity index (χ1) is 19.5. The quantitative estimate of drug-likeness (QED) is 0.276. The van der Waals surface area contributed by atoms with Gasteiger partial charge < -0.3 is 19.2 Å². The zero-order chi connectivity index (χ0) is 28.3. The SMILES string of the molecule is CCC[C@H](NC(=O)C(CS(=O)Cc1ccccc1)N(CCOC)C1CCOCC1)C(=O)c1nc2ccccc2o1. The standard InChI is InChI=1S/C30H39N3O6S/c1-3-9-25(28(34)30-32-24-12-7-8-13-27(24)39-30)31-29(35)26(21-40(36)20-22-10-5-4-6-11-22)33(16-19-37-2)23-14-17-38-18-15-23/h4-8,10-13,23,25-26H,3,9,14-21H2,1-2H3,(H,31,35)/t25-,26?,40?/m0/s1. The molecule has 2 aromatic carbocycles. The van der Waals surface area contributed by atoms with Crippen molar-refractivity contribution in [1.82, 2.24) is 15.2 Å². The fraction of sp³-hybridized carbons (Fsp3) is 0.500. The van der Waals surface area contributed by atoms with E-state index in [4.69, 9.17) is 13.9 Å². The van der Waals surface area contributed by atoms with Gasteiger partial charge in [0.1, 0.15) is 11.6 Å². The molecular weight excluding hydrogens is 530 g/mol. The molecule has 40 heavy (non-hydrogen) atoms. The van der Waals surface area contributed by atoms with Crippen LogP contribution in [-0.2, 0) is 30.8 Å². The number of para-hydroxylation sites is 2. The summed E-state index contributed by atoms with van der Waals surface area (Å²) in [6.07, 6.45) is 2.63.